The van der Waals surface area contributed by atoms with E-state index in [1.807, 2.05) is 30.5 Å². The Morgan fingerprint density at radius 1 is 1.41 bits per heavy atom. The number of nitrogens with one attached hydrogen (secondary N) is 1. The summed E-state index contributed by atoms with van der Waals surface area (Å²) in [5.74, 6) is -0.783. The molecule has 0 fully saturated rings. The summed E-state index contributed by atoms with van der Waals surface area (Å²) >= 11 is 3.48. The molecule has 1 aromatic carbocycles. The van der Waals surface area contributed by atoms with Crippen LogP contribution < -0.4 is 5.32 Å². The predicted octanol–water partition coefficient (Wildman–Crippen LogP) is 2.62. The van der Waals surface area contributed by atoms with Crippen molar-refractivity contribution >= 4 is 21.9 Å². The van der Waals surface area contributed by atoms with Crippen molar-refractivity contribution in [2.45, 2.75) is 26.8 Å². The van der Waals surface area contributed by atoms with Gasteiger partial charge in [-0.3, -0.25) is 4.79 Å². The fraction of sp³-hybridized carbons (Fsp3) is 0.400. The van der Waals surface area contributed by atoms with Crippen molar-refractivity contribution in [3.05, 3.63) is 40.6 Å². The second-order valence-electron chi connectivity index (χ2n) is 5.72. The first kappa shape index (κ1) is 16.6. The molecule has 0 amide bonds. The van der Waals surface area contributed by atoms with E-state index in [2.05, 4.69) is 31.6 Å². The number of aromatic nitrogens is 3. The lowest BCUT2D eigenvalue weighted by molar-refractivity contribution is -0.147. The van der Waals surface area contributed by atoms with Gasteiger partial charge in [0.2, 0.25) is 0 Å². The van der Waals surface area contributed by atoms with Crippen LogP contribution in [0.15, 0.2) is 34.9 Å². The highest BCUT2D eigenvalue weighted by Gasteiger charge is 2.26. The molecule has 0 saturated heterocycles. The monoisotopic (exact) mass is 366 g/mol. The maximum absolute atomic E-state index is 11.0. The Hall–Kier alpha value is -1.73. The minimum Gasteiger partial charge on any atom is -0.481 e. The molecule has 2 aromatic rings. The van der Waals surface area contributed by atoms with Gasteiger partial charge in [-0.2, -0.15) is 0 Å². The summed E-state index contributed by atoms with van der Waals surface area (Å²) in [6, 6.07) is 7.78. The van der Waals surface area contributed by atoms with Crippen LogP contribution in [0.1, 0.15) is 26.0 Å². The summed E-state index contributed by atoms with van der Waals surface area (Å²) in [5.41, 5.74) is 1.01. The summed E-state index contributed by atoms with van der Waals surface area (Å²) in [5, 5.41) is 20.5. The van der Waals surface area contributed by atoms with Gasteiger partial charge in [0.25, 0.3) is 0 Å². The maximum Gasteiger partial charge on any atom is 0.309 e. The van der Waals surface area contributed by atoms with E-state index in [9.17, 15) is 4.79 Å². The van der Waals surface area contributed by atoms with Gasteiger partial charge in [-0.25, -0.2) is 4.68 Å². The molecule has 2 rings (SSSR count). The van der Waals surface area contributed by atoms with Crippen LogP contribution in [0.5, 0.6) is 0 Å². The summed E-state index contributed by atoms with van der Waals surface area (Å²) in [6.07, 6.45) is 2.41. The van der Waals surface area contributed by atoms with E-state index in [0.717, 1.165) is 15.9 Å². The molecule has 0 aliphatic carbocycles. The van der Waals surface area contributed by atoms with Crippen LogP contribution >= 0.6 is 15.9 Å². The first-order valence-corrected chi connectivity index (χ1v) is 7.80. The van der Waals surface area contributed by atoms with Gasteiger partial charge in [0.05, 0.1) is 23.0 Å². The molecular formula is C15H19BrN4O2. The third-order valence-corrected chi connectivity index (χ3v) is 4.12. The molecule has 0 aliphatic heterocycles. The summed E-state index contributed by atoms with van der Waals surface area (Å²) < 4.78 is 2.66. The standard InChI is InChI=1S/C15H19BrN4O2/c1-15(2,14(21)22)7-8-17-9-11-10-20(19-18-11)13-6-4-3-5-12(13)16/h3-6,10,17H,7-9H2,1-2H3,(H,21,22). The van der Waals surface area contributed by atoms with Crippen molar-refractivity contribution in [2.75, 3.05) is 6.54 Å². The molecule has 1 aromatic heterocycles. The average Bonchev–Trinajstić information content (AvgIpc) is 2.92. The largest absolute Gasteiger partial charge is 0.481 e. The molecule has 2 N–H and O–H groups in total. The van der Waals surface area contributed by atoms with Crippen LogP contribution in [0.3, 0.4) is 0 Å². The Labute approximate surface area is 137 Å². The zero-order valence-corrected chi connectivity index (χ0v) is 14.2. The van der Waals surface area contributed by atoms with E-state index in [0.29, 0.717) is 19.5 Å². The molecule has 1 heterocycles. The number of carbonyl (C=O) groups is 1. The molecule has 0 bridgehead atoms. The molecular weight excluding hydrogens is 348 g/mol. The number of nitrogens with zero attached hydrogens (tertiary/aromatic N) is 3. The van der Waals surface area contributed by atoms with Crippen molar-refractivity contribution in [1.29, 1.82) is 0 Å². The molecule has 0 radical (unpaired) electrons. The van der Waals surface area contributed by atoms with Gasteiger partial charge in [-0.15, -0.1) is 5.10 Å². The van der Waals surface area contributed by atoms with Gasteiger partial charge < -0.3 is 10.4 Å². The highest BCUT2D eigenvalue weighted by atomic mass is 79.9. The van der Waals surface area contributed by atoms with Crippen molar-refractivity contribution in [2.24, 2.45) is 5.41 Å². The Kier molecular flexibility index (Phi) is 5.31. The van der Waals surface area contributed by atoms with Crippen LogP contribution in [0.25, 0.3) is 5.69 Å². The SMILES string of the molecule is CC(C)(CCNCc1cn(-c2ccccc2Br)nn1)C(=O)O. The fourth-order valence-corrected chi connectivity index (χ4v) is 2.33. The van der Waals surface area contributed by atoms with Crippen molar-refractivity contribution in [3.63, 3.8) is 0 Å². The molecule has 6 nitrogen and oxygen atoms in total. The van der Waals surface area contributed by atoms with E-state index >= 15 is 0 Å². The van der Waals surface area contributed by atoms with Gasteiger partial charge in [0.15, 0.2) is 0 Å². The van der Waals surface area contributed by atoms with Crippen LogP contribution in [0.2, 0.25) is 0 Å². The number of aliphatic carboxylic acids is 1. The number of benzene rings is 1. The highest BCUT2D eigenvalue weighted by Crippen LogP contribution is 2.20. The zero-order chi connectivity index (χ0) is 16.2. The number of carboxylic acids is 1. The topological polar surface area (TPSA) is 80.0 Å². The quantitative estimate of drug-likeness (QED) is 0.736. The third-order valence-electron chi connectivity index (χ3n) is 3.45. The van der Waals surface area contributed by atoms with E-state index in [1.165, 1.54) is 0 Å². The molecule has 0 aliphatic rings. The van der Waals surface area contributed by atoms with E-state index in [4.69, 9.17) is 5.11 Å². The van der Waals surface area contributed by atoms with E-state index < -0.39 is 11.4 Å². The van der Waals surface area contributed by atoms with Gasteiger partial charge in [-0.05, 0) is 54.9 Å². The number of halogens is 1. The molecule has 22 heavy (non-hydrogen) atoms. The number of hydrogen-bond donors (Lipinski definition) is 2. The molecule has 7 heteroatoms. The van der Waals surface area contributed by atoms with Gasteiger partial charge in [-0.1, -0.05) is 17.3 Å². The van der Waals surface area contributed by atoms with Crippen LogP contribution in [0.4, 0.5) is 0 Å². The number of rotatable bonds is 7. The van der Waals surface area contributed by atoms with E-state index in [1.54, 1.807) is 18.5 Å². The second-order valence-corrected chi connectivity index (χ2v) is 6.58. The number of para-hydroxylation sites is 1. The van der Waals surface area contributed by atoms with Gasteiger partial charge in [0.1, 0.15) is 0 Å². The Bertz CT molecular complexity index is 654. The maximum atomic E-state index is 11.0. The fourth-order valence-electron chi connectivity index (χ4n) is 1.86. The minimum atomic E-state index is -0.783. The lowest BCUT2D eigenvalue weighted by Gasteiger charge is -2.18. The summed E-state index contributed by atoms with van der Waals surface area (Å²) in [4.78, 5) is 11.0. The van der Waals surface area contributed by atoms with Crippen LogP contribution in [0, 0.1) is 5.41 Å². The van der Waals surface area contributed by atoms with Crippen LogP contribution in [-0.2, 0) is 11.3 Å². The van der Waals surface area contributed by atoms with Crippen molar-refractivity contribution < 1.29 is 9.90 Å². The molecule has 0 unspecified atom stereocenters. The number of hydrogen-bond acceptors (Lipinski definition) is 4. The third kappa shape index (κ3) is 4.14. The van der Waals surface area contributed by atoms with Crippen molar-refractivity contribution in [3.8, 4) is 5.69 Å². The summed E-state index contributed by atoms with van der Waals surface area (Å²) in [6.45, 7) is 4.61. The second kappa shape index (κ2) is 7.02. The lowest BCUT2D eigenvalue weighted by atomic mass is 9.90. The lowest BCUT2D eigenvalue weighted by Crippen LogP contribution is -2.28. The normalized spacial score (nSPS) is 11.6. The first-order valence-electron chi connectivity index (χ1n) is 7.00. The smallest absolute Gasteiger partial charge is 0.309 e. The molecule has 0 atom stereocenters. The molecule has 0 saturated carbocycles. The minimum absolute atomic E-state index is 0.556. The molecule has 0 spiro atoms. The first-order chi connectivity index (χ1) is 10.4. The van der Waals surface area contributed by atoms with Crippen LogP contribution in [-0.4, -0.2) is 32.6 Å². The Morgan fingerprint density at radius 3 is 2.82 bits per heavy atom. The molecule has 118 valence electrons. The zero-order valence-electron chi connectivity index (χ0n) is 12.6. The number of carboxylic acid groups (broad SMARTS) is 1. The summed E-state index contributed by atoms with van der Waals surface area (Å²) in [7, 11) is 0. The van der Waals surface area contributed by atoms with Gasteiger partial charge >= 0.3 is 5.97 Å². The highest BCUT2D eigenvalue weighted by molar-refractivity contribution is 9.10. The predicted molar refractivity (Wildman–Crippen MR) is 86.8 cm³/mol. The van der Waals surface area contributed by atoms with E-state index in [-0.39, 0.29) is 0 Å². The Balaban J connectivity index is 1.88. The van der Waals surface area contributed by atoms with Crippen molar-refractivity contribution in [1.82, 2.24) is 20.3 Å². The average molecular weight is 367 g/mol. The van der Waals surface area contributed by atoms with Gasteiger partial charge in [0, 0.05) is 11.0 Å². The Morgan fingerprint density at radius 2 is 2.14 bits per heavy atom.